The number of hydrogen-bond acceptors (Lipinski definition) is 3. The van der Waals surface area contributed by atoms with Crippen molar-refractivity contribution in [3.05, 3.63) is 18.2 Å². The summed E-state index contributed by atoms with van der Waals surface area (Å²) in [6, 6.07) is 5.82. The van der Waals surface area contributed by atoms with E-state index < -0.39 is 0 Å². The van der Waals surface area contributed by atoms with Gasteiger partial charge in [-0.3, -0.25) is 0 Å². The highest BCUT2D eigenvalue weighted by Gasteiger charge is 2.15. The van der Waals surface area contributed by atoms with Gasteiger partial charge in [0.2, 0.25) is 0 Å². The Morgan fingerprint density at radius 3 is 3.00 bits per heavy atom. The van der Waals surface area contributed by atoms with Crippen LogP contribution >= 0.6 is 11.8 Å². The first kappa shape index (κ1) is 11.0. The van der Waals surface area contributed by atoms with Gasteiger partial charge in [0.1, 0.15) is 0 Å². The second-order valence-electron chi connectivity index (χ2n) is 4.78. The minimum absolute atomic E-state index is 0.786. The molecule has 3 rings (SSSR count). The Bertz CT molecular complexity index is 514. The molecule has 1 fully saturated rings. The number of thioether (sulfide) groups is 1. The van der Waals surface area contributed by atoms with E-state index in [0.717, 1.165) is 27.8 Å². The minimum Gasteiger partial charge on any atom is -0.399 e. The standard InChI is InChI=1S/C13H17N3S/c14-10-5-6-11-12(7-10)16-13(15-11)17-8-9-3-1-2-4-9/h5-7,9H,1-4,8,14H2,(H,15,16). The van der Waals surface area contributed by atoms with Crippen molar-refractivity contribution in [2.75, 3.05) is 11.5 Å². The summed E-state index contributed by atoms with van der Waals surface area (Å²) in [5, 5.41) is 1.03. The first-order chi connectivity index (χ1) is 8.31. The van der Waals surface area contributed by atoms with Gasteiger partial charge in [-0.05, 0) is 37.0 Å². The SMILES string of the molecule is Nc1ccc2nc(SCC3CCCC3)[nH]c2c1. The number of rotatable bonds is 3. The second kappa shape index (κ2) is 4.61. The molecule has 17 heavy (non-hydrogen) atoms. The van der Waals surface area contributed by atoms with E-state index in [4.69, 9.17) is 5.73 Å². The van der Waals surface area contributed by atoms with E-state index in [0.29, 0.717) is 0 Å². The Hall–Kier alpha value is -1.16. The number of nitrogens with zero attached hydrogens (tertiary/aromatic N) is 1. The molecule has 0 radical (unpaired) electrons. The number of H-pyrrole nitrogens is 1. The maximum atomic E-state index is 5.75. The molecule has 1 aliphatic rings. The minimum atomic E-state index is 0.786. The fraction of sp³-hybridized carbons (Fsp3) is 0.462. The third-order valence-electron chi connectivity index (χ3n) is 3.41. The van der Waals surface area contributed by atoms with Crippen LogP contribution in [0.1, 0.15) is 25.7 Å². The van der Waals surface area contributed by atoms with E-state index in [9.17, 15) is 0 Å². The van der Waals surface area contributed by atoms with Crippen LogP contribution in [-0.2, 0) is 0 Å². The smallest absolute Gasteiger partial charge is 0.166 e. The highest BCUT2D eigenvalue weighted by molar-refractivity contribution is 7.99. The normalized spacial score (nSPS) is 16.9. The molecular formula is C13H17N3S. The Labute approximate surface area is 105 Å². The lowest BCUT2D eigenvalue weighted by molar-refractivity contribution is 0.622. The summed E-state index contributed by atoms with van der Waals surface area (Å²) in [6.07, 6.45) is 5.59. The van der Waals surface area contributed by atoms with Crippen LogP contribution in [0.3, 0.4) is 0 Å². The molecule has 1 aromatic carbocycles. The number of benzene rings is 1. The number of anilines is 1. The monoisotopic (exact) mass is 247 g/mol. The van der Waals surface area contributed by atoms with Crippen LogP contribution in [0.5, 0.6) is 0 Å². The van der Waals surface area contributed by atoms with Crippen LogP contribution in [0.2, 0.25) is 0 Å². The number of aromatic amines is 1. The summed E-state index contributed by atoms with van der Waals surface area (Å²) in [4.78, 5) is 7.90. The van der Waals surface area contributed by atoms with Crippen molar-refractivity contribution < 1.29 is 0 Å². The molecule has 1 saturated carbocycles. The van der Waals surface area contributed by atoms with Crippen LogP contribution < -0.4 is 5.73 Å². The molecule has 90 valence electrons. The Kier molecular flexibility index (Phi) is 2.97. The van der Waals surface area contributed by atoms with Crippen molar-refractivity contribution in [3.8, 4) is 0 Å². The maximum Gasteiger partial charge on any atom is 0.166 e. The number of nitrogen functional groups attached to an aromatic ring is 1. The number of nitrogens with one attached hydrogen (secondary N) is 1. The van der Waals surface area contributed by atoms with Crippen molar-refractivity contribution in [3.63, 3.8) is 0 Å². The fourth-order valence-electron chi connectivity index (χ4n) is 2.45. The van der Waals surface area contributed by atoms with Gasteiger partial charge in [-0.2, -0.15) is 0 Å². The third kappa shape index (κ3) is 2.41. The molecule has 0 amide bonds. The molecule has 0 aliphatic heterocycles. The highest BCUT2D eigenvalue weighted by atomic mass is 32.2. The molecule has 4 heteroatoms. The Balaban J connectivity index is 1.72. The van der Waals surface area contributed by atoms with Crippen LogP contribution in [0.4, 0.5) is 5.69 Å². The molecule has 3 nitrogen and oxygen atoms in total. The molecule has 0 atom stereocenters. The average Bonchev–Trinajstić information content (AvgIpc) is 2.94. The average molecular weight is 247 g/mol. The topological polar surface area (TPSA) is 54.7 Å². The summed E-state index contributed by atoms with van der Waals surface area (Å²) < 4.78 is 0. The van der Waals surface area contributed by atoms with Gasteiger partial charge in [0, 0.05) is 11.4 Å². The summed E-state index contributed by atoms with van der Waals surface area (Å²) in [6.45, 7) is 0. The summed E-state index contributed by atoms with van der Waals surface area (Å²) in [5.41, 5.74) is 8.59. The lowest BCUT2D eigenvalue weighted by atomic mass is 10.1. The van der Waals surface area contributed by atoms with Gasteiger partial charge in [-0.15, -0.1) is 0 Å². The van der Waals surface area contributed by atoms with E-state index in [1.165, 1.54) is 31.4 Å². The van der Waals surface area contributed by atoms with E-state index in [-0.39, 0.29) is 0 Å². The molecule has 0 unspecified atom stereocenters. The van der Waals surface area contributed by atoms with Gasteiger partial charge in [0.25, 0.3) is 0 Å². The van der Waals surface area contributed by atoms with Crippen LogP contribution in [0, 0.1) is 5.92 Å². The zero-order valence-corrected chi connectivity index (χ0v) is 10.6. The first-order valence-electron chi connectivity index (χ1n) is 6.19. The summed E-state index contributed by atoms with van der Waals surface area (Å²) >= 11 is 1.84. The number of fused-ring (bicyclic) bond motifs is 1. The molecule has 0 saturated heterocycles. The number of imidazole rings is 1. The number of hydrogen-bond donors (Lipinski definition) is 2. The van der Waals surface area contributed by atoms with Crippen molar-refractivity contribution in [2.45, 2.75) is 30.8 Å². The van der Waals surface area contributed by atoms with E-state index in [1.54, 1.807) is 0 Å². The Morgan fingerprint density at radius 2 is 2.18 bits per heavy atom. The lowest BCUT2D eigenvalue weighted by Gasteiger charge is -2.05. The molecule has 3 N–H and O–H groups in total. The quantitative estimate of drug-likeness (QED) is 0.645. The van der Waals surface area contributed by atoms with Crippen molar-refractivity contribution in [2.24, 2.45) is 5.92 Å². The molecule has 1 aliphatic carbocycles. The second-order valence-corrected chi connectivity index (χ2v) is 5.79. The van der Waals surface area contributed by atoms with Gasteiger partial charge in [-0.25, -0.2) is 4.98 Å². The van der Waals surface area contributed by atoms with Gasteiger partial charge in [-0.1, -0.05) is 24.6 Å². The zero-order chi connectivity index (χ0) is 11.7. The maximum absolute atomic E-state index is 5.75. The van der Waals surface area contributed by atoms with Gasteiger partial charge in [0.15, 0.2) is 5.16 Å². The van der Waals surface area contributed by atoms with Crippen LogP contribution in [0.25, 0.3) is 11.0 Å². The van der Waals surface area contributed by atoms with Crippen molar-refractivity contribution in [1.29, 1.82) is 0 Å². The number of nitrogens with two attached hydrogens (primary N) is 1. The lowest BCUT2D eigenvalue weighted by Crippen LogP contribution is -1.96. The molecule has 2 aromatic rings. The molecular weight excluding hydrogens is 230 g/mol. The third-order valence-corrected chi connectivity index (χ3v) is 4.52. The molecule has 1 heterocycles. The van der Waals surface area contributed by atoms with E-state index >= 15 is 0 Å². The van der Waals surface area contributed by atoms with Gasteiger partial charge in [0.05, 0.1) is 11.0 Å². The highest BCUT2D eigenvalue weighted by Crippen LogP contribution is 2.30. The summed E-state index contributed by atoms with van der Waals surface area (Å²) in [5.74, 6) is 2.08. The Morgan fingerprint density at radius 1 is 1.35 bits per heavy atom. The number of aromatic nitrogens is 2. The van der Waals surface area contributed by atoms with Gasteiger partial charge >= 0.3 is 0 Å². The van der Waals surface area contributed by atoms with Crippen molar-refractivity contribution >= 4 is 28.5 Å². The van der Waals surface area contributed by atoms with Crippen LogP contribution in [-0.4, -0.2) is 15.7 Å². The van der Waals surface area contributed by atoms with E-state index in [1.807, 2.05) is 30.0 Å². The molecule has 0 spiro atoms. The van der Waals surface area contributed by atoms with E-state index in [2.05, 4.69) is 9.97 Å². The predicted molar refractivity (Wildman–Crippen MR) is 73.2 cm³/mol. The molecule has 1 aromatic heterocycles. The predicted octanol–water partition coefficient (Wildman–Crippen LogP) is 3.43. The molecule has 0 bridgehead atoms. The zero-order valence-electron chi connectivity index (χ0n) is 9.78. The van der Waals surface area contributed by atoms with Crippen molar-refractivity contribution in [1.82, 2.24) is 9.97 Å². The van der Waals surface area contributed by atoms with Gasteiger partial charge < -0.3 is 10.7 Å². The fourth-order valence-corrected chi connectivity index (χ4v) is 3.52. The van der Waals surface area contributed by atoms with Crippen LogP contribution in [0.15, 0.2) is 23.4 Å². The first-order valence-corrected chi connectivity index (χ1v) is 7.18. The largest absolute Gasteiger partial charge is 0.399 e. The summed E-state index contributed by atoms with van der Waals surface area (Å²) in [7, 11) is 0.